The maximum Gasteiger partial charge on any atom is 0.312 e. The Kier molecular flexibility index (Phi) is 20.6. The summed E-state index contributed by atoms with van der Waals surface area (Å²) < 4.78 is 15.2. The van der Waals surface area contributed by atoms with Crippen molar-refractivity contribution in [2.45, 2.75) is 111 Å². The largest absolute Gasteiger partial charge is 0.469 e. The summed E-state index contributed by atoms with van der Waals surface area (Å²) >= 11 is 1.73. The van der Waals surface area contributed by atoms with E-state index in [1.165, 1.54) is 71.8 Å². The highest BCUT2D eigenvalue weighted by Crippen LogP contribution is 2.32. The SMILES string of the molecule is CCCCCCCCCCCCSCC(C)(CC(C)C(=O)OCCOC(=O)CCC(C)=O)C(=O)OC. The summed E-state index contributed by atoms with van der Waals surface area (Å²) in [6.07, 6.45) is 13.4. The van der Waals surface area contributed by atoms with Gasteiger partial charge in [0.1, 0.15) is 19.0 Å². The highest BCUT2D eigenvalue weighted by Gasteiger charge is 2.38. The van der Waals surface area contributed by atoms with Gasteiger partial charge in [0, 0.05) is 12.2 Å². The van der Waals surface area contributed by atoms with Crippen molar-refractivity contribution in [2.24, 2.45) is 11.3 Å². The van der Waals surface area contributed by atoms with Crippen LogP contribution in [-0.4, -0.2) is 55.5 Å². The molecule has 0 fully saturated rings. The van der Waals surface area contributed by atoms with Gasteiger partial charge in [0.25, 0.3) is 0 Å². The van der Waals surface area contributed by atoms with Crippen LogP contribution in [0.4, 0.5) is 0 Å². The lowest BCUT2D eigenvalue weighted by atomic mass is 9.83. The number of Topliss-reactive ketones (excluding diaryl/α,β-unsaturated/α-hetero) is 1. The molecule has 7 nitrogen and oxygen atoms in total. The number of hydrogen-bond donors (Lipinski definition) is 0. The normalized spacial score (nSPS) is 13.5. The van der Waals surface area contributed by atoms with E-state index in [2.05, 4.69) is 6.92 Å². The molecular formula is C28H50O7S. The standard InChI is InChI=1S/C28H50O7S/c1-6-7-8-9-10-11-12-13-14-15-20-36-22-28(4,27(32)33-5)21-23(2)26(31)35-19-18-34-25(30)17-16-24(3)29/h23H,6-22H2,1-5H3. The molecule has 36 heavy (non-hydrogen) atoms. The van der Waals surface area contributed by atoms with Gasteiger partial charge < -0.3 is 19.0 Å². The molecule has 0 aliphatic heterocycles. The number of rotatable bonds is 23. The van der Waals surface area contributed by atoms with Gasteiger partial charge in [-0.2, -0.15) is 11.8 Å². The van der Waals surface area contributed by atoms with Gasteiger partial charge >= 0.3 is 17.9 Å². The Labute approximate surface area is 223 Å². The lowest BCUT2D eigenvalue weighted by molar-refractivity contribution is -0.158. The minimum Gasteiger partial charge on any atom is -0.469 e. The van der Waals surface area contributed by atoms with E-state index in [9.17, 15) is 19.2 Å². The predicted molar refractivity (Wildman–Crippen MR) is 145 cm³/mol. The number of carbonyl (C=O) groups excluding carboxylic acids is 4. The van der Waals surface area contributed by atoms with Gasteiger partial charge in [-0.1, -0.05) is 71.6 Å². The number of methoxy groups -OCH3 is 1. The van der Waals surface area contributed by atoms with Crippen LogP contribution in [0.15, 0.2) is 0 Å². The minimum atomic E-state index is -0.782. The summed E-state index contributed by atoms with van der Waals surface area (Å²) in [7, 11) is 1.37. The van der Waals surface area contributed by atoms with Gasteiger partial charge in [-0.05, 0) is 32.4 Å². The third kappa shape index (κ3) is 17.8. The Morgan fingerprint density at radius 3 is 1.94 bits per heavy atom. The van der Waals surface area contributed by atoms with Crippen molar-refractivity contribution in [1.29, 1.82) is 0 Å². The van der Waals surface area contributed by atoms with Crippen molar-refractivity contribution in [3.8, 4) is 0 Å². The Morgan fingerprint density at radius 1 is 0.833 bits per heavy atom. The van der Waals surface area contributed by atoms with E-state index >= 15 is 0 Å². The van der Waals surface area contributed by atoms with Gasteiger partial charge in [0.05, 0.1) is 24.9 Å². The second-order valence-corrected chi connectivity index (χ2v) is 11.1. The molecule has 0 saturated heterocycles. The molecule has 0 bridgehead atoms. The van der Waals surface area contributed by atoms with Crippen LogP contribution in [0.2, 0.25) is 0 Å². The summed E-state index contributed by atoms with van der Waals surface area (Å²) in [5, 5.41) is 0. The van der Waals surface area contributed by atoms with Crippen LogP contribution in [0.25, 0.3) is 0 Å². The van der Waals surface area contributed by atoms with Crippen LogP contribution in [0.3, 0.4) is 0 Å². The number of ketones is 1. The molecule has 0 aliphatic rings. The molecule has 0 amide bonds. The Balaban J connectivity index is 4.20. The Hall–Kier alpha value is -1.57. The maximum atomic E-state index is 12.5. The van der Waals surface area contributed by atoms with E-state index in [0.29, 0.717) is 12.2 Å². The molecule has 0 radical (unpaired) electrons. The molecule has 8 heteroatoms. The van der Waals surface area contributed by atoms with Crippen LogP contribution in [0.5, 0.6) is 0 Å². The first-order valence-electron chi connectivity index (χ1n) is 13.6. The van der Waals surface area contributed by atoms with Gasteiger partial charge in [0.2, 0.25) is 0 Å². The monoisotopic (exact) mass is 530 g/mol. The average Bonchev–Trinajstić information content (AvgIpc) is 2.85. The van der Waals surface area contributed by atoms with Crippen molar-refractivity contribution in [1.82, 2.24) is 0 Å². The smallest absolute Gasteiger partial charge is 0.312 e. The van der Waals surface area contributed by atoms with Gasteiger partial charge in [-0.3, -0.25) is 14.4 Å². The lowest BCUT2D eigenvalue weighted by Gasteiger charge is -2.28. The van der Waals surface area contributed by atoms with E-state index in [1.807, 2.05) is 6.92 Å². The molecule has 2 unspecified atom stereocenters. The fraction of sp³-hybridized carbons (Fsp3) is 0.857. The minimum absolute atomic E-state index is 0.0218. The van der Waals surface area contributed by atoms with Gasteiger partial charge in [-0.25, -0.2) is 0 Å². The summed E-state index contributed by atoms with van der Waals surface area (Å²) in [6.45, 7) is 7.11. The Bertz CT molecular complexity index is 637. The zero-order chi connectivity index (χ0) is 27.2. The first-order chi connectivity index (χ1) is 17.2. The van der Waals surface area contributed by atoms with Crippen molar-refractivity contribution in [3.05, 3.63) is 0 Å². The molecular weight excluding hydrogens is 480 g/mol. The second-order valence-electron chi connectivity index (χ2n) is 9.98. The molecule has 0 spiro atoms. The number of ether oxygens (including phenoxy) is 3. The first-order valence-corrected chi connectivity index (χ1v) is 14.8. The zero-order valence-electron chi connectivity index (χ0n) is 23.4. The number of esters is 3. The maximum absolute atomic E-state index is 12.5. The third-order valence-electron chi connectivity index (χ3n) is 6.17. The summed E-state index contributed by atoms with van der Waals surface area (Å²) in [6, 6.07) is 0. The highest BCUT2D eigenvalue weighted by molar-refractivity contribution is 7.99. The van der Waals surface area contributed by atoms with Crippen LogP contribution in [0, 0.1) is 11.3 Å². The van der Waals surface area contributed by atoms with E-state index in [-0.39, 0.29) is 37.8 Å². The molecule has 0 aliphatic carbocycles. The van der Waals surface area contributed by atoms with Crippen molar-refractivity contribution in [3.63, 3.8) is 0 Å². The van der Waals surface area contributed by atoms with E-state index in [4.69, 9.17) is 14.2 Å². The van der Waals surface area contributed by atoms with Crippen molar-refractivity contribution >= 4 is 35.5 Å². The third-order valence-corrected chi connectivity index (χ3v) is 7.59. The zero-order valence-corrected chi connectivity index (χ0v) is 24.2. The molecule has 0 heterocycles. The second kappa shape index (κ2) is 21.5. The molecule has 2 atom stereocenters. The fourth-order valence-corrected chi connectivity index (χ4v) is 5.22. The van der Waals surface area contributed by atoms with Crippen LogP contribution < -0.4 is 0 Å². The van der Waals surface area contributed by atoms with Crippen molar-refractivity contribution in [2.75, 3.05) is 31.8 Å². The van der Waals surface area contributed by atoms with Gasteiger partial charge in [-0.15, -0.1) is 0 Å². The van der Waals surface area contributed by atoms with Crippen LogP contribution in [0.1, 0.15) is 111 Å². The highest BCUT2D eigenvalue weighted by atomic mass is 32.2. The summed E-state index contributed by atoms with van der Waals surface area (Å²) in [4.78, 5) is 47.3. The topological polar surface area (TPSA) is 96.0 Å². The van der Waals surface area contributed by atoms with E-state index in [1.54, 1.807) is 18.7 Å². The molecule has 0 N–H and O–H groups in total. The Morgan fingerprint density at radius 2 is 1.39 bits per heavy atom. The van der Waals surface area contributed by atoms with Crippen LogP contribution in [-0.2, 0) is 33.4 Å². The molecule has 0 saturated carbocycles. The molecule has 0 rings (SSSR count). The molecule has 0 aromatic rings. The molecule has 210 valence electrons. The number of unbranched alkanes of at least 4 members (excludes halogenated alkanes) is 9. The lowest BCUT2D eigenvalue weighted by Crippen LogP contribution is -2.36. The molecule has 0 aromatic carbocycles. The number of thioether (sulfide) groups is 1. The first kappa shape index (κ1) is 34.4. The fourth-order valence-electron chi connectivity index (χ4n) is 3.99. The average molecular weight is 531 g/mol. The van der Waals surface area contributed by atoms with Gasteiger partial charge in [0.15, 0.2) is 0 Å². The summed E-state index contributed by atoms with van der Waals surface area (Å²) in [5.74, 6) is -0.268. The van der Waals surface area contributed by atoms with E-state index in [0.717, 1.165) is 12.2 Å². The number of hydrogen-bond acceptors (Lipinski definition) is 8. The van der Waals surface area contributed by atoms with E-state index < -0.39 is 23.3 Å². The quantitative estimate of drug-likeness (QED) is 0.0862. The number of carbonyl (C=O) groups is 4. The van der Waals surface area contributed by atoms with Crippen molar-refractivity contribution < 1.29 is 33.4 Å². The summed E-state index contributed by atoms with van der Waals surface area (Å²) in [5.41, 5.74) is -0.782. The molecule has 0 aromatic heterocycles. The van der Waals surface area contributed by atoms with Crippen LogP contribution >= 0.6 is 11.8 Å². The predicted octanol–water partition coefficient (Wildman–Crippen LogP) is 6.30.